The van der Waals surface area contributed by atoms with E-state index >= 15 is 0 Å². The number of nitrogens with one attached hydrogen (secondary N) is 1. The van der Waals surface area contributed by atoms with Crippen molar-refractivity contribution in [2.75, 3.05) is 25.6 Å². The second-order valence-electron chi connectivity index (χ2n) is 5.32. The molecule has 1 aliphatic carbocycles. The van der Waals surface area contributed by atoms with Gasteiger partial charge in [-0.3, -0.25) is 10.1 Å². The molecular weight excluding hydrogens is 298 g/mol. The molecule has 23 heavy (non-hydrogen) atoms. The SMILES string of the molecule is COCCOc1cc(C(=O)Nc2onc3c2CCCC3)ccn1. The maximum atomic E-state index is 12.4. The maximum absolute atomic E-state index is 12.4. The molecule has 3 rings (SSSR count). The predicted octanol–water partition coefficient (Wildman–Crippen LogP) is 2.23. The average molecular weight is 317 g/mol. The van der Waals surface area contributed by atoms with E-state index in [9.17, 15) is 4.79 Å². The Morgan fingerprint density at radius 3 is 3.09 bits per heavy atom. The van der Waals surface area contributed by atoms with Crippen molar-refractivity contribution in [2.24, 2.45) is 0 Å². The number of hydrogen-bond acceptors (Lipinski definition) is 6. The first kappa shape index (κ1) is 15.5. The molecule has 0 saturated carbocycles. The van der Waals surface area contributed by atoms with Gasteiger partial charge in [-0.15, -0.1) is 0 Å². The zero-order valence-corrected chi connectivity index (χ0v) is 13.0. The molecule has 2 heterocycles. The van der Waals surface area contributed by atoms with Crippen molar-refractivity contribution in [1.82, 2.24) is 10.1 Å². The molecule has 0 spiro atoms. The molecule has 1 amide bonds. The van der Waals surface area contributed by atoms with Crippen molar-refractivity contribution < 1.29 is 18.8 Å². The number of aromatic nitrogens is 2. The summed E-state index contributed by atoms with van der Waals surface area (Å²) in [5.74, 6) is 0.561. The molecule has 7 heteroatoms. The van der Waals surface area contributed by atoms with Gasteiger partial charge in [-0.2, -0.15) is 0 Å². The highest BCUT2D eigenvalue weighted by molar-refractivity contribution is 6.04. The summed E-state index contributed by atoms with van der Waals surface area (Å²) in [5, 5.41) is 6.81. The number of methoxy groups -OCH3 is 1. The van der Waals surface area contributed by atoms with Crippen LogP contribution in [0.15, 0.2) is 22.9 Å². The van der Waals surface area contributed by atoms with Gasteiger partial charge in [0.15, 0.2) is 0 Å². The minimum absolute atomic E-state index is 0.270. The Kier molecular flexibility index (Phi) is 4.87. The number of amides is 1. The first-order valence-corrected chi connectivity index (χ1v) is 7.64. The molecule has 0 atom stereocenters. The van der Waals surface area contributed by atoms with Crippen molar-refractivity contribution in [3.63, 3.8) is 0 Å². The van der Waals surface area contributed by atoms with Crippen molar-refractivity contribution in [3.05, 3.63) is 35.2 Å². The van der Waals surface area contributed by atoms with Gasteiger partial charge in [0, 0.05) is 30.5 Å². The molecular formula is C16H19N3O4. The highest BCUT2D eigenvalue weighted by atomic mass is 16.5. The highest BCUT2D eigenvalue weighted by Crippen LogP contribution is 2.27. The van der Waals surface area contributed by atoms with Crippen LogP contribution in [-0.2, 0) is 17.6 Å². The molecule has 1 aliphatic rings. The predicted molar refractivity (Wildman–Crippen MR) is 82.7 cm³/mol. The van der Waals surface area contributed by atoms with Gasteiger partial charge in [-0.05, 0) is 31.7 Å². The Hall–Kier alpha value is -2.41. The monoisotopic (exact) mass is 317 g/mol. The van der Waals surface area contributed by atoms with Crippen LogP contribution in [0.3, 0.4) is 0 Å². The van der Waals surface area contributed by atoms with Crippen LogP contribution in [0, 0.1) is 0 Å². The van der Waals surface area contributed by atoms with Crippen LogP contribution in [0.4, 0.5) is 5.88 Å². The van der Waals surface area contributed by atoms with E-state index < -0.39 is 0 Å². The van der Waals surface area contributed by atoms with E-state index in [-0.39, 0.29) is 5.91 Å². The van der Waals surface area contributed by atoms with E-state index in [1.54, 1.807) is 19.2 Å². The number of carbonyl (C=O) groups is 1. The first-order valence-electron chi connectivity index (χ1n) is 7.64. The van der Waals surface area contributed by atoms with Gasteiger partial charge >= 0.3 is 0 Å². The van der Waals surface area contributed by atoms with E-state index in [1.807, 2.05) is 0 Å². The van der Waals surface area contributed by atoms with Crippen LogP contribution in [0.25, 0.3) is 0 Å². The Bertz CT molecular complexity index is 684. The van der Waals surface area contributed by atoms with E-state index in [4.69, 9.17) is 14.0 Å². The molecule has 0 aliphatic heterocycles. The topological polar surface area (TPSA) is 86.5 Å². The minimum Gasteiger partial charge on any atom is -0.475 e. The number of carbonyl (C=O) groups excluding carboxylic acids is 1. The zero-order valence-electron chi connectivity index (χ0n) is 13.0. The number of anilines is 1. The van der Waals surface area contributed by atoms with Crippen LogP contribution in [0.5, 0.6) is 5.88 Å². The Morgan fingerprint density at radius 1 is 1.35 bits per heavy atom. The number of pyridine rings is 1. The number of hydrogen-bond donors (Lipinski definition) is 1. The minimum atomic E-state index is -0.270. The molecule has 2 aromatic rings. The summed E-state index contributed by atoms with van der Waals surface area (Å²) in [7, 11) is 1.60. The number of nitrogens with zero attached hydrogens (tertiary/aromatic N) is 2. The number of fused-ring (bicyclic) bond motifs is 1. The molecule has 1 N–H and O–H groups in total. The van der Waals surface area contributed by atoms with E-state index in [0.29, 0.717) is 30.5 Å². The fraction of sp³-hybridized carbons (Fsp3) is 0.438. The lowest BCUT2D eigenvalue weighted by Crippen LogP contribution is -2.14. The Balaban J connectivity index is 1.68. The first-order chi connectivity index (χ1) is 11.3. The van der Waals surface area contributed by atoms with Crippen LogP contribution in [0.2, 0.25) is 0 Å². The number of ether oxygens (including phenoxy) is 2. The van der Waals surface area contributed by atoms with Crippen molar-refractivity contribution >= 4 is 11.8 Å². The summed E-state index contributed by atoms with van der Waals surface area (Å²) in [4.78, 5) is 16.4. The second kappa shape index (κ2) is 7.23. The van der Waals surface area contributed by atoms with E-state index in [1.165, 1.54) is 6.20 Å². The lowest BCUT2D eigenvalue weighted by molar-refractivity contribution is 0.102. The van der Waals surface area contributed by atoms with Gasteiger partial charge < -0.3 is 14.0 Å². The maximum Gasteiger partial charge on any atom is 0.258 e. The molecule has 0 saturated heterocycles. The molecule has 0 bridgehead atoms. The Labute approximate surface area is 134 Å². The average Bonchev–Trinajstić information content (AvgIpc) is 2.99. The highest BCUT2D eigenvalue weighted by Gasteiger charge is 2.21. The van der Waals surface area contributed by atoms with Crippen LogP contribution in [0.1, 0.15) is 34.5 Å². The third kappa shape index (κ3) is 3.68. The van der Waals surface area contributed by atoms with E-state index in [0.717, 1.165) is 36.9 Å². The molecule has 7 nitrogen and oxygen atoms in total. The fourth-order valence-electron chi connectivity index (χ4n) is 2.52. The number of aryl methyl sites for hydroxylation is 1. The van der Waals surface area contributed by atoms with E-state index in [2.05, 4.69) is 15.5 Å². The third-order valence-electron chi connectivity index (χ3n) is 3.72. The van der Waals surface area contributed by atoms with Crippen molar-refractivity contribution in [1.29, 1.82) is 0 Å². The van der Waals surface area contributed by atoms with Crippen molar-refractivity contribution in [3.8, 4) is 5.88 Å². The van der Waals surface area contributed by atoms with Gasteiger partial charge in [0.25, 0.3) is 5.91 Å². The van der Waals surface area contributed by atoms with Crippen molar-refractivity contribution in [2.45, 2.75) is 25.7 Å². The Morgan fingerprint density at radius 2 is 2.22 bits per heavy atom. The normalized spacial score (nSPS) is 13.4. The smallest absolute Gasteiger partial charge is 0.258 e. The summed E-state index contributed by atoms with van der Waals surface area (Å²) in [6.45, 7) is 0.840. The lowest BCUT2D eigenvalue weighted by Gasteiger charge is -2.10. The van der Waals surface area contributed by atoms with Gasteiger partial charge in [-0.25, -0.2) is 4.98 Å². The molecule has 0 fully saturated rings. The summed E-state index contributed by atoms with van der Waals surface area (Å²) in [6.07, 6.45) is 5.52. The molecule has 0 unspecified atom stereocenters. The van der Waals surface area contributed by atoms with Gasteiger partial charge in [0.05, 0.1) is 12.3 Å². The van der Waals surface area contributed by atoms with Gasteiger partial charge in [0.1, 0.15) is 6.61 Å². The van der Waals surface area contributed by atoms with Gasteiger partial charge in [-0.1, -0.05) is 5.16 Å². The molecule has 0 aromatic carbocycles. The van der Waals surface area contributed by atoms with Gasteiger partial charge in [0.2, 0.25) is 11.8 Å². The summed E-state index contributed by atoms with van der Waals surface area (Å²) >= 11 is 0. The molecule has 0 radical (unpaired) electrons. The standard InChI is InChI=1S/C16H19N3O4/c1-21-8-9-22-14-10-11(6-7-17-14)15(20)18-16-12-4-2-3-5-13(12)19-23-16/h6-7,10H,2-5,8-9H2,1H3,(H,18,20). The molecule has 122 valence electrons. The summed E-state index contributed by atoms with van der Waals surface area (Å²) in [6, 6.07) is 3.22. The zero-order chi connectivity index (χ0) is 16.1. The summed E-state index contributed by atoms with van der Waals surface area (Å²) in [5.41, 5.74) is 2.41. The quantitative estimate of drug-likeness (QED) is 0.822. The number of rotatable bonds is 6. The largest absolute Gasteiger partial charge is 0.475 e. The van der Waals surface area contributed by atoms with Crippen LogP contribution in [-0.4, -0.2) is 36.4 Å². The fourth-order valence-corrected chi connectivity index (χ4v) is 2.52. The lowest BCUT2D eigenvalue weighted by atomic mass is 9.98. The second-order valence-corrected chi connectivity index (χ2v) is 5.32. The molecule has 2 aromatic heterocycles. The van der Waals surface area contributed by atoms with Crippen LogP contribution >= 0.6 is 0 Å². The van der Waals surface area contributed by atoms with Crippen LogP contribution < -0.4 is 10.1 Å². The summed E-state index contributed by atoms with van der Waals surface area (Å²) < 4.78 is 15.6. The third-order valence-corrected chi connectivity index (χ3v) is 3.72.